The van der Waals surface area contributed by atoms with Crippen LogP contribution in [-0.4, -0.2) is 11.5 Å². The van der Waals surface area contributed by atoms with Crippen molar-refractivity contribution in [3.8, 4) is 6.07 Å². The van der Waals surface area contributed by atoms with Crippen molar-refractivity contribution >= 4 is 17.0 Å². The quantitative estimate of drug-likeness (QED) is 0.934. The van der Waals surface area contributed by atoms with E-state index >= 15 is 0 Å². The largest absolute Gasteiger partial charge is 0.380 e. The molecule has 6 heteroatoms. The molecule has 0 amide bonds. The number of hydrogen-bond acceptors (Lipinski definition) is 4. The summed E-state index contributed by atoms with van der Waals surface area (Å²) in [5.74, 6) is -1.52. The van der Waals surface area contributed by atoms with Crippen LogP contribution in [0.4, 0.5) is 14.5 Å². The Morgan fingerprint density at radius 3 is 2.58 bits per heavy atom. The predicted molar refractivity (Wildman–Crippen MR) is 70.1 cm³/mol. The Bertz CT molecular complexity index is 608. The van der Waals surface area contributed by atoms with Gasteiger partial charge in [0.25, 0.3) is 0 Å². The van der Waals surface area contributed by atoms with Crippen LogP contribution in [0.15, 0.2) is 17.5 Å². The molecule has 0 radical (unpaired) electrons. The smallest absolute Gasteiger partial charge is 0.150 e. The van der Waals surface area contributed by atoms with Gasteiger partial charge in [0.2, 0.25) is 0 Å². The molecule has 1 N–H and O–H groups in total. The van der Waals surface area contributed by atoms with Crippen molar-refractivity contribution < 1.29 is 8.78 Å². The highest BCUT2D eigenvalue weighted by Crippen LogP contribution is 2.20. The summed E-state index contributed by atoms with van der Waals surface area (Å²) in [6, 6.07) is 3.73. The Labute approximate surface area is 113 Å². The highest BCUT2D eigenvalue weighted by molar-refractivity contribution is 7.09. The van der Waals surface area contributed by atoms with E-state index in [1.165, 1.54) is 11.3 Å². The second kappa shape index (κ2) is 5.76. The first-order chi connectivity index (χ1) is 9.10. The zero-order valence-corrected chi connectivity index (χ0v) is 11.0. The van der Waals surface area contributed by atoms with E-state index in [1.807, 2.05) is 12.3 Å². The van der Waals surface area contributed by atoms with Crippen molar-refractivity contribution in [3.63, 3.8) is 0 Å². The van der Waals surface area contributed by atoms with Crippen LogP contribution in [0, 0.1) is 29.9 Å². The summed E-state index contributed by atoms with van der Waals surface area (Å²) in [5, 5.41) is 14.1. The Hall–Kier alpha value is -2.00. The molecule has 2 rings (SSSR count). The van der Waals surface area contributed by atoms with Crippen LogP contribution in [0.25, 0.3) is 0 Å². The van der Waals surface area contributed by atoms with E-state index in [1.54, 1.807) is 6.07 Å². The van der Waals surface area contributed by atoms with Crippen LogP contribution < -0.4 is 5.32 Å². The van der Waals surface area contributed by atoms with E-state index in [0.717, 1.165) is 22.8 Å². The second-order valence-electron chi connectivity index (χ2n) is 3.99. The molecule has 0 bridgehead atoms. The monoisotopic (exact) mass is 279 g/mol. The minimum Gasteiger partial charge on any atom is -0.380 e. The van der Waals surface area contributed by atoms with E-state index in [-0.39, 0.29) is 11.3 Å². The summed E-state index contributed by atoms with van der Waals surface area (Å²) in [5.41, 5.74) is 0.708. The van der Waals surface area contributed by atoms with Crippen LogP contribution in [0.2, 0.25) is 0 Å². The zero-order valence-electron chi connectivity index (χ0n) is 10.2. The summed E-state index contributed by atoms with van der Waals surface area (Å²) in [4.78, 5) is 4.26. The number of nitrogens with one attached hydrogen (secondary N) is 1. The highest BCUT2D eigenvalue weighted by atomic mass is 32.1. The fourth-order valence-corrected chi connectivity index (χ4v) is 2.39. The molecule has 2 aromatic rings. The van der Waals surface area contributed by atoms with Crippen LogP contribution in [0.3, 0.4) is 0 Å². The SMILES string of the molecule is Cc1csc(CCNc2c(F)cc(C#N)cc2F)n1. The highest BCUT2D eigenvalue weighted by Gasteiger charge is 2.10. The van der Waals surface area contributed by atoms with Gasteiger partial charge in [-0.05, 0) is 19.1 Å². The van der Waals surface area contributed by atoms with Gasteiger partial charge in [0, 0.05) is 24.0 Å². The van der Waals surface area contributed by atoms with Crippen LogP contribution >= 0.6 is 11.3 Å². The molecule has 0 saturated carbocycles. The Balaban J connectivity index is 2.02. The number of thiazole rings is 1. The lowest BCUT2D eigenvalue weighted by atomic mass is 10.2. The molecular weight excluding hydrogens is 268 g/mol. The summed E-state index contributed by atoms with van der Waals surface area (Å²) >= 11 is 1.52. The fourth-order valence-electron chi connectivity index (χ4n) is 1.62. The number of anilines is 1. The third-order valence-electron chi connectivity index (χ3n) is 2.48. The van der Waals surface area contributed by atoms with Gasteiger partial charge in [-0.15, -0.1) is 11.3 Å². The van der Waals surface area contributed by atoms with Gasteiger partial charge in [0.1, 0.15) is 5.69 Å². The lowest BCUT2D eigenvalue weighted by molar-refractivity contribution is 0.587. The molecule has 0 saturated heterocycles. The topological polar surface area (TPSA) is 48.7 Å². The lowest BCUT2D eigenvalue weighted by Crippen LogP contribution is -2.08. The van der Waals surface area contributed by atoms with Crippen LogP contribution in [-0.2, 0) is 6.42 Å². The number of hydrogen-bond donors (Lipinski definition) is 1. The maximum atomic E-state index is 13.6. The third-order valence-corrected chi connectivity index (χ3v) is 3.50. The first-order valence-electron chi connectivity index (χ1n) is 5.64. The molecule has 0 atom stereocenters. The van der Waals surface area contributed by atoms with E-state index < -0.39 is 11.6 Å². The van der Waals surface area contributed by atoms with E-state index in [4.69, 9.17) is 5.26 Å². The Kier molecular flexibility index (Phi) is 4.07. The van der Waals surface area contributed by atoms with E-state index in [2.05, 4.69) is 10.3 Å². The number of nitriles is 1. The van der Waals surface area contributed by atoms with Gasteiger partial charge in [0.05, 0.1) is 16.6 Å². The summed E-state index contributed by atoms with van der Waals surface area (Å²) in [7, 11) is 0. The molecule has 0 aliphatic carbocycles. The van der Waals surface area contributed by atoms with Crippen molar-refractivity contribution in [1.29, 1.82) is 5.26 Å². The summed E-state index contributed by atoms with van der Waals surface area (Å²) in [6.45, 7) is 2.28. The molecular formula is C13H11F2N3S. The van der Waals surface area contributed by atoms with Gasteiger partial charge in [-0.1, -0.05) is 0 Å². The van der Waals surface area contributed by atoms with Gasteiger partial charge in [-0.3, -0.25) is 0 Å². The molecule has 1 heterocycles. The predicted octanol–water partition coefficient (Wildman–Crippen LogP) is 3.26. The summed E-state index contributed by atoms with van der Waals surface area (Å²) in [6.07, 6.45) is 0.595. The van der Waals surface area contributed by atoms with Crippen molar-refractivity contribution in [2.45, 2.75) is 13.3 Å². The van der Waals surface area contributed by atoms with Crippen LogP contribution in [0.1, 0.15) is 16.3 Å². The van der Waals surface area contributed by atoms with Crippen molar-refractivity contribution in [2.75, 3.05) is 11.9 Å². The number of rotatable bonds is 4. The Morgan fingerprint density at radius 2 is 2.05 bits per heavy atom. The number of aromatic nitrogens is 1. The molecule has 98 valence electrons. The average Bonchev–Trinajstić information content (AvgIpc) is 2.78. The fraction of sp³-hybridized carbons (Fsp3) is 0.231. The van der Waals surface area contributed by atoms with Gasteiger partial charge in [0.15, 0.2) is 11.6 Å². The third kappa shape index (κ3) is 3.26. The van der Waals surface area contributed by atoms with Crippen molar-refractivity contribution in [2.24, 2.45) is 0 Å². The molecule has 0 spiro atoms. The van der Waals surface area contributed by atoms with E-state index in [0.29, 0.717) is 13.0 Å². The number of halogens is 2. The van der Waals surface area contributed by atoms with E-state index in [9.17, 15) is 8.78 Å². The van der Waals surface area contributed by atoms with Gasteiger partial charge in [-0.2, -0.15) is 5.26 Å². The first kappa shape index (κ1) is 13.4. The Morgan fingerprint density at radius 1 is 1.37 bits per heavy atom. The lowest BCUT2D eigenvalue weighted by Gasteiger charge is -2.08. The molecule has 0 fully saturated rings. The molecule has 3 nitrogen and oxygen atoms in total. The van der Waals surface area contributed by atoms with Crippen molar-refractivity contribution in [1.82, 2.24) is 4.98 Å². The molecule has 0 aliphatic rings. The van der Waals surface area contributed by atoms with Crippen molar-refractivity contribution in [3.05, 3.63) is 45.4 Å². The molecule has 1 aromatic carbocycles. The molecule has 19 heavy (non-hydrogen) atoms. The zero-order chi connectivity index (χ0) is 13.8. The van der Waals surface area contributed by atoms with Crippen LogP contribution in [0.5, 0.6) is 0 Å². The minimum absolute atomic E-state index is 0.0314. The van der Waals surface area contributed by atoms with Gasteiger partial charge < -0.3 is 5.32 Å². The summed E-state index contributed by atoms with van der Waals surface area (Å²) < 4.78 is 27.1. The molecule has 0 unspecified atom stereocenters. The average molecular weight is 279 g/mol. The molecule has 0 aliphatic heterocycles. The standard InChI is InChI=1S/C13H11F2N3S/c1-8-7-19-12(18-8)2-3-17-13-10(14)4-9(6-16)5-11(13)15/h4-5,7,17H,2-3H2,1H3. The maximum Gasteiger partial charge on any atom is 0.150 e. The number of benzene rings is 1. The first-order valence-corrected chi connectivity index (χ1v) is 6.52. The second-order valence-corrected chi connectivity index (χ2v) is 4.93. The number of nitrogens with zero attached hydrogens (tertiary/aromatic N) is 2. The van der Waals surface area contributed by atoms with Gasteiger partial charge in [-0.25, -0.2) is 13.8 Å². The van der Waals surface area contributed by atoms with Gasteiger partial charge >= 0.3 is 0 Å². The molecule has 1 aromatic heterocycles. The maximum absolute atomic E-state index is 13.6. The number of aryl methyl sites for hydroxylation is 1. The minimum atomic E-state index is -0.758. The normalized spacial score (nSPS) is 10.2.